The number of aryl methyl sites for hydroxylation is 2. The Morgan fingerprint density at radius 3 is 2.27 bits per heavy atom. The zero-order valence-electron chi connectivity index (χ0n) is 8.70. The smallest absolute Gasteiger partial charge is 0.339 e. The Morgan fingerprint density at radius 2 is 1.80 bits per heavy atom. The summed E-state index contributed by atoms with van der Waals surface area (Å²) in [5.41, 5.74) is 1.98. The predicted octanol–water partition coefficient (Wildman–Crippen LogP) is 2.13. The van der Waals surface area contributed by atoms with Crippen molar-refractivity contribution >= 4 is 11.8 Å². The van der Waals surface area contributed by atoms with Gasteiger partial charge in [0.25, 0.3) is 0 Å². The molecule has 1 aromatic rings. The van der Waals surface area contributed by atoms with Gasteiger partial charge in [-0.25, -0.2) is 4.79 Å². The zero-order chi connectivity index (χ0) is 11.6. The molecule has 0 heterocycles. The van der Waals surface area contributed by atoms with Crippen LogP contribution in [0.1, 0.15) is 21.5 Å². The number of carbonyl (C=O) groups excluding carboxylic acids is 1. The molecule has 0 radical (unpaired) electrons. The monoisotopic (exact) mass is 204 g/mol. The fourth-order valence-corrected chi connectivity index (χ4v) is 1.15. The largest absolute Gasteiger partial charge is 0.478 e. The van der Waals surface area contributed by atoms with Gasteiger partial charge < -0.3 is 5.11 Å². The number of aliphatic carboxylic acids is 1. The lowest BCUT2D eigenvalue weighted by atomic mass is 10.0. The summed E-state index contributed by atoms with van der Waals surface area (Å²) in [6, 6.07) is 5.07. The molecule has 0 bridgehead atoms. The minimum atomic E-state index is -1.28. The molecule has 1 aromatic carbocycles. The second kappa shape index (κ2) is 4.09. The Morgan fingerprint density at radius 1 is 1.20 bits per heavy atom. The van der Waals surface area contributed by atoms with Gasteiger partial charge in [0.15, 0.2) is 5.78 Å². The molecule has 0 spiro atoms. The molecule has 0 aliphatic carbocycles. The van der Waals surface area contributed by atoms with E-state index in [1.165, 1.54) is 0 Å². The molecule has 0 saturated heterocycles. The molecular weight excluding hydrogens is 192 g/mol. The highest BCUT2D eigenvalue weighted by molar-refractivity contribution is 6.23. The van der Waals surface area contributed by atoms with Crippen molar-refractivity contribution in [2.45, 2.75) is 13.8 Å². The molecule has 0 aromatic heterocycles. The van der Waals surface area contributed by atoms with E-state index in [0.717, 1.165) is 11.1 Å². The van der Waals surface area contributed by atoms with E-state index >= 15 is 0 Å². The molecule has 0 aliphatic rings. The summed E-state index contributed by atoms with van der Waals surface area (Å²) in [5, 5.41) is 8.62. The highest BCUT2D eigenvalue weighted by Crippen LogP contribution is 2.13. The van der Waals surface area contributed by atoms with Gasteiger partial charge in [-0.15, -0.1) is 0 Å². The lowest BCUT2D eigenvalue weighted by Gasteiger charge is -2.04. The van der Waals surface area contributed by atoms with Crippen LogP contribution >= 0.6 is 0 Å². The molecule has 1 N–H and O–H groups in total. The topological polar surface area (TPSA) is 54.4 Å². The quantitative estimate of drug-likeness (QED) is 0.355. The first-order valence-corrected chi connectivity index (χ1v) is 4.47. The first-order valence-electron chi connectivity index (χ1n) is 4.47. The van der Waals surface area contributed by atoms with Crippen molar-refractivity contribution in [3.05, 3.63) is 47.0 Å². The van der Waals surface area contributed by atoms with Crippen LogP contribution in [-0.4, -0.2) is 16.9 Å². The number of rotatable bonds is 3. The second-order valence-corrected chi connectivity index (χ2v) is 3.41. The summed E-state index contributed by atoms with van der Waals surface area (Å²) in [6.45, 7) is 7.03. The summed E-state index contributed by atoms with van der Waals surface area (Å²) in [4.78, 5) is 22.1. The molecule has 0 saturated carbocycles. The third kappa shape index (κ3) is 2.31. The van der Waals surface area contributed by atoms with Gasteiger partial charge >= 0.3 is 5.97 Å². The second-order valence-electron chi connectivity index (χ2n) is 3.41. The van der Waals surface area contributed by atoms with Crippen molar-refractivity contribution in [3.63, 3.8) is 0 Å². The number of benzene rings is 1. The van der Waals surface area contributed by atoms with E-state index in [1.54, 1.807) is 18.2 Å². The Hall–Kier alpha value is -1.90. The van der Waals surface area contributed by atoms with E-state index in [1.807, 2.05) is 13.8 Å². The normalized spacial score (nSPS) is 9.73. The van der Waals surface area contributed by atoms with Gasteiger partial charge in [-0.2, -0.15) is 0 Å². The highest BCUT2D eigenvalue weighted by Gasteiger charge is 2.16. The molecular formula is C12H12O3. The van der Waals surface area contributed by atoms with E-state index < -0.39 is 17.3 Å². The number of carboxylic acid groups (broad SMARTS) is 1. The minimum Gasteiger partial charge on any atom is -0.478 e. The summed E-state index contributed by atoms with van der Waals surface area (Å²) < 4.78 is 0. The van der Waals surface area contributed by atoms with Crippen molar-refractivity contribution < 1.29 is 14.7 Å². The molecule has 0 fully saturated rings. The van der Waals surface area contributed by atoms with E-state index in [4.69, 9.17) is 5.11 Å². The van der Waals surface area contributed by atoms with Gasteiger partial charge in [-0.3, -0.25) is 4.79 Å². The SMILES string of the molecule is C=C(C(=O)O)C(=O)c1ccc(C)c(C)c1. The van der Waals surface area contributed by atoms with E-state index in [0.29, 0.717) is 5.56 Å². The maximum absolute atomic E-state index is 11.6. The van der Waals surface area contributed by atoms with Gasteiger partial charge in [-0.1, -0.05) is 18.7 Å². The van der Waals surface area contributed by atoms with Crippen LogP contribution in [0.25, 0.3) is 0 Å². The van der Waals surface area contributed by atoms with Crippen LogP contribution in [0.5, 0.6) is 0 Å². The Labute approximate surface area is 88.0 Å². The predicted molar refractivity (Wildman–Crippen MR) is 57.0 cm³/mol. The first-order chi connectivity index (χ1) is 6.93. The van der Waals surface area contributed by atoms with Crippen molar-refractivity contribution in [3.8, 4) is 0 Å². The van der Waals surface area contributed by atoms with Crippen LogP contribution in [-0.2, 0) is 4.79 Å². The molecule has 0 amide bonds. The number of carboxylic acids is 1. The molecule has 0 aliphatic heterocycles. The number of hydrogen-bond donors (Lipinski definition) is 1. The third-order valence-corrected chi connectivity index (χ3v) is 2.30. The van der Waals surface area contributed by atoms with Crippen molar-refractivity contribution in [1.29, 1.82) is 0 Å². The molecule has 1 rings (SSSR count). The van der Waals surface area contributed by atoms with Gasteiger partial charge in [-0.05, 0) is 31.0 Å². The zero-order valence-corrected chi connectivity index (χ0v) is 8.70. The lowest BCUT2D eigenvalue weighted by molar-refractivity contribution is -0.132. The summed E-state index contributed by atoms with van der Waals surface area (Å²) in [5.74, 6) is -1.82. The number of Topliss-reactive ketones (excluding diaryl/α,β-unsaturated/α-hetero) is 1. The fraction of sp³-hybridized carbons (Fsp3) is 0.167. The van der Waals surface area contributed by atoms with Crippen molar-refractivity contribution in [2.75, 3.05) is 0 Å². The Balaban J connectivity index is 3.08. The standard InChI is InChI=1S/C12H12O3/c1-7-4-5-10(6-8(7)2)11(13)9(3)12(14)15/h4-6H,3H2,1-2H3,(H,14,15). The van der Waals surface area contributed by atoms with Gasteiger partial charge in [0.1, 0.15) is 5.57 Å². The third-order valence-electron chi connectivity index (χ3n) is 2.30. The first kappa shape index (κ1) is 11.2. The van der Waals surface area contributed by atoms with Crippen LogP contribution in [0.3, 0.4) is 0 Å². The molecule has 78 valence electrons. The number of hydrogen-bond acceptors (Lipinski definition) is 2. The van der Waals surface area contributed by atoms with Gasteiger partial charge in [0.2, 0.25) is 0 Å². The highest BCUT2D eigenvalue weighted by atomic mass is 16.4. The van der Waals surface area contributed by atoms with Gasteiger partial charge in [0.05, 0.1) is 0 Å². The average molecular weight is 204 g/mol. The Kier molecular flexibility index (Phi) is 3.04. The summed E-state index contributed by atoms with van der Waals surface area (Å²) in [7, 11) is 0. The Bertz CT molecular complexity index is 444. The molecule has 15 heavy (non-hydrogen) atoms. The van der Waals surface area contributed by atoms with E-state index in [-0.39, 0.29) is 0 Å². The van der Waals surface area contributed by atoms with Crippen LogP contribution in [0.2, 0.25) is 0 Å². The molecule has 0 atom stereocenters. The molecule has 0 unspecified atom stereocenters. The minimum absolute atomic E-state index is 0.366. The molecule has 3 heteroatoms. The van der Waals surface area contributed by atoms with Crippen LogP contribution < -0.4 is 0 Å². The van der Waals surface area contributed by atoms with E-state index in [9.17, 15) is 9.59 Å². The maximum atomic E-state index is 11.6. The summed E-state index contributed by atoms with van der Waals surface area (Å²) >= 11 is 0. The van der Waals surface area contributed by atoms with Crippen molar-refractivity contribution in [2.24, 2.45) is 0 Å². The lowest BCUT2D eigenvalue weighted by Crippen LogP contribution is -2.11. The van der Waals surface area contributed by atoms with Crippen molar-refractivity contribution in [1.82, 2.24) is 0 Å². The van der Waals surface area contributed by atoms with Crippen LogP contribution in [0.4, 0.5) is 0 Å². The fourth-order valence-electron chi connectivity index (χ4n) is 1.15. The van der Waals surface area contributed by atoms with E-state index in [2.05, 4.69) is 6.58 Å². The van der Waals surface area contributed by atoms with Crippen LogP contribution in [0, 0.1) is 13.8 Å². The number of ketones is 1. The number of carbonyl (C=O) groups is 2. The molecule has 3 nitrogen and oxygen atoms in total. The van der Waals surface area contributed by atoms with Gasteiger partial charge in [0, 0.05) is 5.56 Å². The average Bonchev–Trinajstić information content (AvgIpc) is 2.19. The summed E-state index contributed by atoms with van der Waals surface area (Å²) in [6.07, 6.45) is 0. The maximum Gasteiger partial charge on any atom is 0.339 e. The van der Waals surface area contributed by atoms with Crippen LogP contribution in [0.15, 0.2) is 30.4 Å².